The highest BCUT2D eigenvalue weighted by molar-refractivity contribution is 5.83. The molecule has 4 nitrogen and oxygen atoms in total. The van der Waals surface area contributed by atoms with E-state index in [4.69, 9.17) is 5.73 Å². The van der Waals surface area contributed by atoms with Gasteiger partial charge in [-0.2, -0.15) is 0 Å². The summed E-state index contributed by atoms with van der Waals surface area (Å²) in [5.74, 6) is -0.540. The maximum absolute atomic E-state index is 11.3. The van der Waals surface area contributed by atoms with E-state index in [0.29, 0.717) is 0 Å². The molecule has 0 bridgehead atoms. The zero-order chi connectivity index (χ0) is 14.5. The third kappa shape index (κ3) is 2.97. The van der Waals surface area contributed by atoms with Crippen molar-refractivity contribution in [3.05, 3.63) is 54.6 Å². The van der Waals surface area contributed by atoms with Crippen molar-refractivity contribution in [3.8, 4) is 11.1 Å². The maximum atomic E-state index is 11.3. The third-order valence-corrected chi connectivity index (χ3v) is 3.35. The topological polar surface area (TPSA) is 66.6 Å². The molecule has 1 unspecified atom stereocenters. The largest absolute Gasteiger partial charge is 0.394 e. The number of benzene rings is 2. The molecule has 1 atom stereocenters. The van der Waals surface area contributed by atoms with Gasteiger partial charge in [0, 0.05) is 12.7 Å². The number of anilines is 1. The third-order valence-electron chi connectivity index (χ3n) is 3.35. The fraction of sp³-hybridized carbons (Fsp3) is 0.188. The number of nitrogens with two attached hydrogens (primary N) is 1. The summed E-state index contributed by atoms with van der Waals surface area (Å²) < 4.78 is 0. The second-order valence-electron chi connectivity index (χ2n) is 4.62. The zero-order valence-electron chi connectivity index (χ0n) is 11.4. The molecule has 0 saturated heterocycles. The number of carbonyl (C=O) groups is 1. The molecule has 0 spiro atoms. The van der Waals surface area contributed by atoms with Gasteiger partial charge in [-0.1, -0.05) is 42.5 Å². The normalized spacial score (nSPS) is 11.9. The van der Waals surface area contributed by atoms with Crippen LogP contribution in [0.5, 0.6) is 0 Å². The fourth-order valence-corrected chi connectivity index (χ4v) is 2.10. The smallest absolute Gasteiger partial charge is 0.242 e. The zero-order valence-corrected chi connectivity index (χ0v) is 11.4. The summed E-state index contributed by atoms with van der Waals surface area (Å²) in [6.45, 7) is -0.299. The Labute approximate surface area is 118 Å². The first kappa shape index (κ1) is 14.1. The minimum absolute atomic E-state index is 0.299. The lowest BCUT2D eigenvalue weighted by Crippen LogP contribution is -2.45. The molecule has 0 fully saturated rings. The van der Waals surface area contributed by atoms with Gasteiger partial charge in [0.05, 0.1) is 6.61 Å². The summed E-state index contributed by atoms with van der Waals surface area (Å²) in [6, 6.07) is 17.1. The highest BCUT2D eigenvalue weighted by atomic mass is 16.3. The van der Waals surface area contributed by atoms with Crippen LogP contribution in [0.3, 0.4) is 0 Å². The van der Waals surface area contributed by atoms with Gasteiger partial charge in [0.15, 0.2) is 0 Å². The van der Waals surface area contributed by atoms with Crippen LogP contribution >= 0.6 is 0 Å². The Hall–Kier alpha value is -2.33. The molecule has 3 N–H and O–H groups in total. The van der Waals surface area contributed by atoms with E-state index in [1.807, 2.05) is 54.6 Å². The molecule has 2 rings (SSSR count). The van der Waals surface area contributed by atoms with E-state index < -0.39 is 11.9 Å². The van der Waals surface area contributed by atoms with E-state index in [2.05, 4.69) is 0 Å². The van der Waals surface area contributed by atoms with Gasteiger partial charge in [0.1, 0.15) is 6.04 Å². The minimum Gasteiger partial charge on any atom is -0.394 e. The molecular formula is C16H18N2O2. The molecule has 0 radical (unpaired) electrons. The molecule has 0 saturated carbocycles. The molecule has 2 aromatic rings. The molecule has 0 aliphatic heterocycles. The van der Waals surface area contributed by atoms with Crippen LogP contribution in [0.15, 0.2) is 54.6 Å². The predicted molar refractivity (Wildman–Crippen MR) is 80.3 cm³/mol. The molecule has 4 heteroatoms. The van der Waals surface area contributed by atoms with Crippen LogP contribution < -0.4 is 10.6 Å². The lowest BCUT2D eigenvalue weighted by atomic mass is 10.1. The number of primary amides is 1. The predicted octanol–water partition coefficient (Wildman–Crippen LogP) is 1.64. The van der Waals surface area contributed by atoms with Crippen molar-refractivity contribution in [3.63, 3.8) is 0 Å². The summed E-state index contributed by atoms with van der Waals surface area (Å²) in [4.78, 5) is 12.9. The van der Waals surface area contributed by atoms with Crippen LogP contribution in [0.4, 0.5) is 5.69 Å². The van der Waals surface area contributed by atoms with Gasteiger partial charge >= 0.3 is 0 Å². The first-order chi connectivity index (χ1) is 9.63. The van der Waals surface area contributed by atoms with Crippen molar-refractivity contribution in [2.45, 2.75) is 6.04 Å². The lowest BCUT2D eigenvalue weighted by Gasteiger charge is -2.26. The van der Waals surface area contributed by atoms with Gasteiger partial charge in [-0.15, -0.1) is 0 Å². The molecular weight excluding hydrogens is 252 g/mol. The fourth-order valence-electron chi connectivity index (χ4n) is 2.10. The Bertz CT molecular complexity index is 567. The van der Waals surface area contributed by atoms with E-state index in [9.17, 15) is 9.90 Å². The van der Waals surface area contributed by atoms with E-state index in [1.165, 1.54) is 0 Å². The van der Waals surface area contributed by atoms with Crippen molar-refractivity contribution < 1.29 is 9.90 Å². The Balaban J connectivity index is 2.22. The molecule has 20 heavy (non-hydrogen) atoms. The number of likely N-dealkylation sites (N-methyl/N-ethyl adjacent to an activating group) is 1. The number of carbonyl (C=O) groups excluding carboxylic acids is 1. The number of nitrogens with zero attached hydrogens (tertiary/aromatic N) is 1. The highest BCUT2D eigenvalue weighted by Crippen LogP contribution is 2.23. The molecule has 0 aliphatic rings. The van der Waals surface area contributed by atoms with Crippen molar-refractivity contribution in [1.82, 2.24) is 0 Å². The molecule has 2 aromatic carbocycles. The van der Waals surface area contributed by atoms with Gasteiger partial charge < -0.3 is 15.7 Å². The number of aliphatic hydroxyl groups excluding tert-OH is 1. The van der Waals surface area contributed by atoms with Gasteiger partial charge in [0.25, 0.3) is 0 Å². The van der Waals surface area contributed by atoms with Gasteiger partial charge in [-0.3, -0.25) is 4.79 Å². The summed E-state index contributed by atoms with van der Waals surface area (Å²) in [5, 5.41) is 9.22. The monoisotopic (exact) mass is 270 g/mol. The second-order valence-corrected chi connectivity index (χ2v) is 4.62. The Kier molecular flexibility index (Phi) is 4.38. The van der Waals surface area contributed by atoms with Crippen LogP contribution in [0.2, 0.25) is 0 Å². The quantitative estimate of drug-likeness (QED) is 0.868. The first-order valence-electron chi connectivity index (χ1n) is 6.42. The minimum atomic E-state index is -0.711. The molecule has 104 valence electrons. The molecule has 0 aliphatic carbocycles. The number of aliphatic hydroxyl groups is 1. The maximum Gasteiger partial charge on any atom is 0.242 e. The van der Waals surface area contributed by atoms with Crippen molar-refractivity contribution >= 4 is 11.6 Å². The lowest BCUT2D eigenvalue weighted by molar-refractivity contribution is -0.120. The summed E-state index contributed by atoms with van der Waals surface area (Å²) in [6.07, 6.45) is 0. The molecule has 1 amide bonds. The van der Waals surface area contributed by atoms with E-state index in [-0.39, 0.29) is 6.61 Å². The van der Waals surface area contributed by atoms with Gasteiger partial charge in [-0.25, -0.2) is 0 Å². The number of rotatable bonds is 5. The average Bonchev–Trinajstić information content (AvgIpc) is 2.48. The van der Waals surface area contributed by atoms with Gasteiger partial charge in [0.2, 0.25) is 5.91 Å². The van der Waals surface area contributed by atoms with Crippen LogP contribution in [0.25, 0.3) is 11.1 Å². The Morgan fingerprint density at radius 1 is 1.10 bits per heavy atom. The summed E-state index contributed by atoms with van der Waals surface area (Å²) in [5.41, 5.74) is 8.34. The van der Waals surface area contributed by atoms with Crippen LogP contribution in [-0.2, 0) is 4.79 Å². The summed E-state index contributed by atoms with van der Waals surface area (Å²) in [7, 11) is 1.74. The van der Waals surface area contributed by atoms with Crippen LogP contribution in [0, 0.1) is 0 Å². The van der Waals surface area contributed by atoms with Crippen molar-refractivity contribution in [1.29, 1.82) is 0 Å². The van der Waals surface area contributed by atoms with Crippen LogP contribution in [0.1, 0.15) is 0 Å². The average molecular weight is 270 g/mol. The van der Waals surface area contributed by atoms with Crippen molar-refractivity contribution in [2.75, 3.05) is 18.6 Å². The molecule has 0 aromatic heterocycles. The van der Waals surface area contributed by atoms with E-state index >= 15 is 0 Å². The SMILES string of the molecule is CN(c1ccc(-c2ccccc2)cc1)C(CO)C(N)=O. The Morgan fingerprint density at radius 3 is 2.15 bits per heavy atom. The number of hydrogen-bond acceptors (Lipinski definition) is 3. The number of amides is 1. The second kappa shape index (κ2) is 6.21. The summed E-state index contributed by atoms with van der Waals surface area (Å²) >= 11 is 0. The standard InChI is InChI=1S/C16H18N2O2/c1-18(15(11-19)16(17)20)14-9-7-13(8-10-14)12-5-3-2-4-6-12/h2-10,15,19H,11H2,1H3,(H2,17,20). The highest BCUT2D eigenvalue weighted by Gasteiger charge is 2.19. The Morgan fingerprint density at radius 2 is 1.65 bits per heavy atom. The number of hydrogen-bond donors (Lipinski definition) is 2. The van der Waals surface area contributed by atoms with E-state index in [0.717, 1.165) is 16.8 Å². The van der Waals surface area contributed by atoms with Crippen LogP contribution in [-0.4, -0.2) is 30.7 Å². The van der Waals surface area contributed by atoms with Crippen molar-refractivity contribution in [2.24, 2.45) is 5.73 Å². The van der Waals surface area contributed by atoms with Gasteiger partial charge in [-0.05, 0) is 23.3 Å². The molecule has 0 heterocycles. The first-order valence-corrected chi connectivity index (χ1v) is 6.42. The van der Waals surface area contributed by atoms with E-state index in [1.54, 1.807) is 11.9 Å².